The zero-order valence-corrected chi connectivity index (χ0v) is 18.6. The lowest BCUT2D eigenvalue weighted by molar-refractivity contribution is 0.609. The van der Waals surface area contributed by atoms with Crippen LogP contribution >= 0.6 is 0 Å². The highest BCUT2D eigenvalue weighted by atomic mass is 15.2. The molecule has 2 heterocycles. The molecule has 0 radical (unpaired) electrons. The highest BCUT2D eigenvalue weighted by Crippen LogP contribution is 2.16. The standard InChI is InChI=1S/C24H31N7/c1-18-28-20-10-4-6-12-22(20)30(18)16-8-14-26-24(25-3)27-15-9-17-31-19(2)29-21-11-5-7-13-23(21)31/h4-7,10-13H,8-9,14-17H2,1-3H3,(H2,25,26,27). The van der Waals surface area contributed by atoms with Crippen LogP contribution in [0.2, 0.25) is 0 Å². The molecule has 0 unspecified atom stereocenters. The van der Waals surface area contributed by atoms with Crippen LogP contribution in [0.4, 0.5) is 0 Å². The molecule has 0 fully saturated rings. The molecule has 0 aliphatic heterocycles. The summed E-state index contributed by atoms with van der Waals surface area (Å²) >= 11 is 0. The van der Waals surface area contributed by atoms with Gasteiger partial charge >= 0.3 is 0 Å². The summed E-state index contributed by atoms with van der Waals surface area (Å²) < 4.78 is 4.57. The van der Waals surface area contributed by atoms with Gasteiger partial charge in [0.15, 0.2) is 5.96 Å². The van der Waals surface area contributed by atoms with Gasteiger partial charge in [0, 0.05) is 33.2 Å². The Morgan fingerprint density at radius 1 is 0.774 bits per heavy atom. The van der Waals surface area contributed by atoms with Crippen LogP contribution in [0.15, 0.2) is 53.5 Å². The van der Waals surface area contributed by atoms with Crippen LogP contribution in [-0.2, 0) is 13.1 Å². The van der Waals surface area contributed by atoms with Gasteiger partial charge in [0.25, 0.3) is 0 Å². The van der Waals surface area contributed by atoms with Crippen LogP contribution in [-0.4, -0.2) is 45.2 Å². The van der Waals surface area contributed by atoms with Crippen LogP contribution in [0.3, 0.4) is 0 Å². The minimum Gasteiger partial charge on any atom is -0.356 e. The third-order valence-electron chi connectivity index (χ3n) is 5.62. The number of rotatable bonds is 8. The number of nitrogens with zero attached hydrogens (tertiary/aromatic N) is 5. The number of nitrogens with one attached hydrogen (secondary N) is 2. The fraction of sp³-hybridized carbons (Fsp3) is 0.375. The number of guanidine groups is 1. The van der Waals surface area contributed by atoms with Crippen molar-refractivity contribution in [2.45, 2.75) is 39.8 Å². The molecule has 0 spiro atoms. The number of imidazole rings is 2. The summed E-state index contributed by atoms with van der Waals surface area (Å²) in [4.78, 5) is 13.6. The molecule has 2 N–H and O–H groups in total. The molecule has 4 aromatic rings. The minimum atomic E-state index is 0.847. The molecule has 7 nitrogen and oxygen atoms in total. The van der Waals surface area contributed by atoms with Crippen molar-refractivity contribution in [3.05, 3.63) is 60.2 Å². The molecule has 0 atom stereocenters. The lowest BCUT2D eigenvalue weighted by Crippen LogP contribution is -2.38. The summed E-state index contributed by atoms with van der Waals surface area (Å²) in [5, 5.41) is 6.84. The first-order valence-electron chi connectivity index (χ1n) is 11.0. The average molecular weight is 418 g/mol. The average Bonchev–Trinajstić information content (AvgIpc) is 3.27. The van der Waals surface area contributed by atoms with E-state index in [1.807, 2.05) is 19.2 Å². The summed E-state index contributed by atoms with van der Waals surface area (Å²) in [7, 11) is 1.82. The quantitative estimate of drug-likeness (QED) is 0.261. The van der Waals surface area contributed by atoms with E-state index in [9.17, 15) is 0 Å². The first-order valence-corrected chi connectivity index (χ1v) is 11.0. The number of hydrogen-bond donors (Lipinski definition) is 2. The van der Waals surface area contributed by atoms with Gasteiger partial charge in [-0.15, -0.1) is 0 Å². The van der Waals surface area contributed by atoms with Crippen molar-refractivity contribution in [1.82, 2.24) is 29.7 Å². The van der Waals surface area contributed by atoms with Crippen molar-refractivity contribution in [2.24, 2.45) is 4.99 Å². The molecule has 7 heteroatoms. The molecule has 0 saturated carbocycles. The van der Waals surface area contributed by atoms with Crippen LogP contribution in [0.25, 0.3) is 22.1 Å². The molecular formula is C24H31N7. The van der Waals surface area contributed by atoms with Crippen LogP contribution in [0.1, 0.15) is 24.5 Å². The van der Waals surface area contributed by atoms with E-state index in [4.69, 9.17) is 0 Å². The predicted octanol–water partition coefficient (Wildman–Crippen LogP) is 3.65. The number of aryl methyl sites for hydroxylation is 4. The van der Waals surface area contributed by atoms with Crippen molar-refractivity contribution >= 4 is 28.0 Å². The van der Waals surface area contributed by atoms with Gasteiger partial charge in [-0.25, -0.2) is 9.97 Å². The van der Waals surface area contributed by atoms with E-state index in [0.717, 1.165) is 67.7 Å². The van der Waals surface area contributed by atoms with E-state index in [0.29, 0.717) is 0 Å². The molecule has 0 bridgehead atoms. The van der Waals surface area contributed by atoms with Crippen molar-refractivity contribution in [3.8, 4) is 0 Å². The summed E-state index contributed by atoms with van der Waals surface area (Å²) in [5.41, 5.74) is 4.52. The molecule has 0 aliphatic rings. The van der Waals surface area contributed by atoms with Crippen molar-refractivity contribution in [1.29, 1.82) is 0 Å². The molecule has 0 saturated heterocycles. The van der Waals surface area contributed by atoms with E-state index in [2.05, 4.69) is 85.0 Å². The normalized spacial score (nSPS) is 11.2. The Labute approximate surface area is 183 Å². The summed E-state index contributed by atoms with van der Waals surface area (Å²) in [6.07, 6.45) is 2.00. The fourth-order valence-corrected chi connectivity index (χ4v) is 4.06. The van der Waals surface area contributed by atoms with E-state index in [1.165, 1.54) is 11.0 Å². The molecule has 31 heavy (non-hydrogen) atoms. The summed E-state index contributed by atoms with van der Waals surface area (Å²) in [6.45, 7) is 7.72. The Bertz CT molecular complexity index is 1100. The lowest BCUT2D eigenvalue weighted by Gasteiger charge is -2.13. The molecule has 2 aromatic carbocycles. The minimum absolute atomic E-state index is 0.847. The molecule has 0 aliphatic carbocycles. The zero-order chi connectivity index (χ0) is 21.6. The van der Waals surface area contributed by atoms with E-state index < -0.39 is 0 Å². The van der Waals surface area contributed by atoms with E-state index in [1.54, 1.807) is 0 Å². The number of fused-ring (bicyclic) bond motifs is 2. The molecule has 162 valence electrons. The van der Waals surface area contributed by atoms with E-state index >= 15 is 0 Å². The van der Waals surface area contributed by atoms with Crippen molar-refractivity contribution < 1.29 is 0 Å². The second kappa shape index (κ2) is 9.64. The van der Waals surface area contributed by atoms with Crippen LogP contribution in [0.5, 0.6) is 0 Å². The van der Waals surface area contributed by atoms with Gasteiger partial charge in [0.05, 0.1) is 22.1 Å². The Balaban J connectivity index is 1.21. The van der Waals surface area contributed by atoms with Gasteiger partial charge in [0.1, 0.15) is 11.6 Å². The lowest BCUT2D eigenvalue weighted by atomic mass is 10.3. The monoisotopic (exact) mass is 417 g/mol. The number of aliphatic imine (C=N–C) groups is 1. The topological polar surface area (TPSA) is 72.1 Å². The Morgan fingerprint density at radius 3 is 1.68 bits per heavy atom. The zero-order valence-electron chi connectivity index (χ0n) is 18.6. The fourth-order valence-electron chi connectivity index (χ4n) is 4.06. The highest BCUT2D eigenvalue weighted by Gasteiger charge is 2.07. The summed E-state index contributed by atoms with van der Waals surface area (Å²) in [5.74, 6) is 2.97. The second-order valence-corrected chi connectivity index (χ2v) is 7.73. The van der Waals surface area contributed by atoms with Gasteiger partial charge in [-0.1, -0.05) is 24.3 Å². The van der Waals surface area contributed by atoms with Gasteiger partial charge in [-0.2, -0.15) is 0 Å². The first-order chi connectivity index (χ1) is 15.2. The summed E-state index contributed by atoms with van der Waals surface area (Å²) in [6, 6.07) is 16.6. The Morgan fingerprint density at radius 2 is 1.23 bits per heavy atom. The van der Waals surface area contributed by atoms with Crippen LogP contribution < -0.4 is 10.6 Å². The van der Waals surface area contributed by atoms with Crippen LogP contribution in [0, 0.1) is 13.8 Å². The number of para-hydroxylation sites is 4. The second-order valence-electron chi connectivity index (χ2n) is 7.73. The van der Waals surface area contributed by atoms with Crippen molar-refractivity contribution in [3.63, 3.8) is 0 Å². The van der Waals surface area contributed by atoms with Gasteiger partial charge < -0.3 is 19.8 Å². The SMILES string of the molecule is CN=C(NCCCn1c(C)nc2ccccc21)NCCCn1c(C)nc2ccccc21. The third-order valence-corrected chi connectivity index (χ3v) is 5.62. The van der Waals surface area contributed by atoms with Gasteiger partial charge in [-0.3, -0.25) is 4.99 Å². The molecule has 4 rings (SSSR count). The maximum absolute atomic E-state index is 4.64. The number of benzene rings is 2. The third kappa shape index (κ3) is 4.71. The molecule has 2 aromatic heterocycles. The van der Waals surface area contributed by atoms with Gasteiger partial charge in [-0.05, 0) is 51.0 Å². The Hall–Kier alpha value is -3.35. The first kappa shape index (κ1) is 20.9. The molecular weight excluding hydrogens is 386 g/mol. The number of hydrogen-bond acceptors (Lipinski definition) is 3. The highest BCUT2D eigenvalue weighted by molar-refractivity contribution is 5.79. The molecule has 0 amide bonds. The van der Waals surface area contributed by atoms with E-state index in [-0.39, 0.29) is 0 Å². The smallest absolute Gasteiger partial charge is 0.190 e. The largest absolute Gasteiger partial charge is 0.356 e. The number of aromatic nitrogens is 4. The maximum atomic E-state index is 4.64. The predicted molar refractivity (Wildman–Crippen MR) is 128 cm³/mol. The van der Waals surface area contributed by atoms with Gasteiger partial charge in [0.2, 0.25) is 0 Å². The maximum Gasteiger partial charge on any atom is 0.190 e. The Kier molecular flexibility index (Phi) is 6.50. The van der Waals surface area contributed by atoms with Crippen molar-refractivity contribution in [2.75, 3.05) is 20.1 Å².